The van der Waals surface area contributed by atoms with E-state index in [1.807, 2.05) is 0 Å². The molecule has 3 aliphatic carbocycles. The van der Waals surface area contributed by atoms with Crippen molar-refractivity contribution in [2.24, 2.45) is 29.1 Å². The summed E-state index contributed by atoms with van der Waals surface area (Å²) < 4.78 is 2.75. The van der Waals surface area contributed by atoms with Crippen molar-refractivity contribution in [1.82, 2.24) is 4.90 Å². The fraction of sp³-hybridized carbons (Fsp3) is 0.947. The zero-order valence-corrected chi connectivity index (χ0v) is 13.5. The van der Waals surface area contributed by atoms with Gasteiger partial charge in [0.25, 0.3) is 0 Å². The molecule has 2 nitrogen and oxygen atoms in total. The summed E-state index contributed by atoms with van der Waals surface area (Å²) in [5, 5.41) is 0. The van der Waals surface area contributed by atoms with E-state index in [4.69, 9.17) is 0 Å². The van der Waals surface area contributed by atoms with Crippen LogP contribution in [0.15, 0.2) is 0 Å². The van der Waals surface area contributed by atoms with Crippen molar-refractivity contribution in [3.63, 3.8) is 0 Å². The maximum Gasteiger partial charge on any atom is 0.147 e. The molecule has 5 rings (SSSR count). The Labute approximate surface area is 129 Å². The summed E-state index contributed by atoms with van der Waals surface area (Å²) in [7, 11) is 0. The van der Waals surface area contributed by atoms with Gasteiger partial charge in [0.15, 0.2) is 0 Å². The lowest BCUT2D eigenvalue weighted by molar-refractivity contribution is -0.549. The highest BCUT2D eigenvalue weighted by Crippen LogP contribution is 2.54. The van der Waals surface area contributed by atoms with Gasteiger partial charge in [0, 0.05) is 31.5 Å². The van der Waals surface area contributed by atoms with E-state index >= 15 is 0 Å². The van der Waals surface area contributed by atoms with E-state index in [1.165, 1.54) is 84.1 Å². The Hall–Kier alpha value is -0.370. The number of hydrogen-bond acceptors (Lipinski definition) is 1. The highest BCUT2D eigenvalue weighted by Gasteiger charge is 2.55. The largest absolute Gasteiger partial charge is 0.302 e. The van der Waals surface area contributed by atoms with Gasteiger partial charge in [0.2, 0.25) is 0 Å². The maximum atomic E-state index is 2.85. The molecular weight excluding hydrogens is 256 g/mol. The minimum atomic E-state index is 0.722. The number of piperidine rings is 1. The Morgan fingerprint density at radius 3 is 2.43 bits per heavy atom. The number of rotatable bonds is 4. The molecule has 0 aromatic carbocycles. The summed E-state index contributed by atoms with van der Waals surface area (Å²) in [6.45, 7) is 6.98. The molecule has 5 aliphatic rings. The first-order valence-corrected chi connectivity index (χ1v) is 9.63. The van der Waals surface area contributed by atoms with E-state index in [-0.39, 0.29) is 0 Å². The Morgan fingerprint density at radius 2 is 1.76 bits per heavy atom. The van der Waals surface area contributed by atoms with Crippen LogP contribution in [0.25, 0.3) is 0 Å². The number of nitrogens with zero attached hydrogens (tertiary/aromatic N) is 2. The third-order valence-corrected chi connectivity index (χ3v) is 7.27. The van der Waals surface area contributed by atoms with Crippen LogP contribution in [-0.2, 0) is 0 Å². The second-order valence-electron chi connectivity index (χ2n) is 8.95. The van der Waals surface area contributed by atoms with Gasteiger partial charge in [0.05, 0.1) is 5.92 Å². The van der Waals surface area contributed by atoms with Crippen LogP contribution < -0.4 is 0 Å². The summed E-state index contributed by atoms with van der Waals surface area (Å²) in [5.74, 6) is 3.96. The maximum absolute atomic E-state index is 2.85. The van der Waals surface area contributed by atoms with Crippen LogP contribution >= 0.6 is 0 Å². The molecule has 1 saturated heterocycles. The smallest absolute Gasteiger partial charge is 0.147 e. The lowest BCUT2D eigenvalue weighted by Gasteiger charge is -2.51. The van der Waals surface area contributed by atoms with Crippen molar-refractivity contribution < 1.29 is 4.58 Å². The fourth-order valence-electron chi connectivity index (χ4n) is 5.76. The lowest BCUT2D eigenvalue weighted by atomic mass is 9.61. The molecule has 0 aromatic heterocycles. The fourth-order valence-corrected chi connectivity index (χ4v) is 5.76. The molecule has 21 heavy (non-hydrogen) atoms. The van der Waals surface area contributed by atoms with E-state index in [1.54, 1.807) is 0 Å². The summed E-state index contributed by atoms with van der Waals surface area (Å²) in [6.07, 6.45) is 14.8. The third-order valence-electron chi connectivity index (χ3n) is 7.27. The van der Waals surface area contributed by atoms with E-state index in [0.29, 0.717) is 0 Å². The molecule has 1 spiro atoms. The Balaban J connectivity index is 1.38. The van der Waals surface area contributed by atoms with Gasteiger partial charge < -0.3 is 4.90 Å². The average Bonchev–Trinajstić information content (AvgIpc) is 3.36. The van der Waals surface area contributed by atoms with Gasteiger partial charge >= 0.3 is 0 Å². The second-order valence-corrected chi connectivity index (χ2v) is 8.95. The quantitative estimate of drug-likeness (QED) is 0.720. The van der Waals surface area contributed by atoms with Crippen molar-refractivity contribution in [1.29, 1.82) is 0 Å². The monoisotopic (exact) mass is 287 g/mol. The summed E-state index contributed by atoms with van der Waals surface area (Å²) in [6, 6.07) is 0. The van der Waals surface area contributed by atoms with Gasteiger partial charge in [0.1, 0.15) is 19.3 Å². The second kappa shape index (κ2) is 4.81. The first kappa shape index (κ1) is 13.1. The van der Waals surface area contributed by atoms with Gasteiger partial charge in [-0.2, -0.15) is 0 Å². The predicted molar refractivity (Wildman–Crippen MR) is 85.8 cm³/mol. The van der Waals surface area contributed by atoms with Crippen molar-refractivity contribution in [3.8, 4) is 0 Å². The summed E-state index contributed by atoms with van der Waals surface area (Å²) in [4.78, 5) is 2.85. The Morgan fingerprint density at radius 1 is 1.00 bits per heavy atom. The van der Waals surface area contributed by atoms with Crippen LogP contribution in [0.3, 0.4) is 0 Å². The number of likely N-dealkylation sites (tertiary alicyclic amines) is 1. The van der Waals surface area contributed by atoms with Crippen LogP contribution in [0.2, 0.25) is 0 Å². The average molecular weight is 287 g/mol. The van der Waals surface area contributed by atoms with Crippen LogP contribution in [0.5, 0.6) is 0 Å². The van der Waals surface area contributed by atoms with Gasteiger partial charge in [-0.1, -0.05) is 12.8 Å². The SMILES string of the molecule is C1=[N+](CC2CC2)CC2CN(CC3CC3)CC1C21CCCC1. The van der Waals surface area contributed by atoms with E-state index in [2.05, 4.69) is 15.7 Å². The summed E-state index contributed by atoms with van der Waals surface area (Å²) >= 11 is 0. The zero-order chi connectivity index (χ0) is 13.9. The molecule has 0 aromatic rings. The molecule has 3 saturated carbocycles. The van der Waals surface area contributed by atoms with Crippen LogP contribution in [0.1, 0.15) is 51.4 Å². The Kier molecular flexibility index (Phi) is 3.00. The summed E-state index contributed by atoms with van der Waals surface area (Å²) in [5.41, 5.74) is 0.722. The molecule has 0 radical (unpaired) electrons. The predicted octanol–water partition coefficient (Wildman–Crippen LogP) is 3.01. The molecule has 2 heteroatoms. The third kappa shape index (κ3) is 2.38. The molecule has 2 aliphatic heterocycles. The van der Waals surface area contributed by atoms with Crippen molar-refractivity contribution in [2.45, 2.75) is 51.4 Å². The molecule has 0 N–H and O–H groups in total. The van der Waals surface area contributed by atoms with Gasteiger partial charge in [-0.25, -0.2) is 4.58 Å². The van der Waals surface area contributed by atoms with E-state index < -0.39 is 0 Å². The normalized spacial score (nSPS) is 38.8. The zero-order valence-electron chi connectivity index (χ0n) is 13.5. The van der Waals surface area contributed by atoms with Crippen molar-refractivity contribution in [2.75, 3.05) is 32.7 Å². The highest BCUT2D eigenvalue weighted by atomic mass is 15.2. The van der Waals surface area contributed by atoms with Gasteiger partial charge in [-0.05, 0) is 49.9 Å². The van der Waals surface area contributed by atoms with E-state index in [0.717, 1.165) is 29.1 Å². The van der Waals surface area contributed by atoms with E-state index in [9.17, 15) is 0 Å². The Bertz CT molecular complexity index is 440. The highest BCUT2D eigenvalue weighted by molar-refractivity contribution is 5.59. The topological polar surface area (TPSA) is 6.25 Å². The molecule has 4 fully saturated rings. The van der Waals surface area contributed by atoms with Crippen molar-refractivity contribution in [3.05, 3.63) is 0 Å². The molecule has 2 atom stereocenters. The first-order valence-electron chi connectivity index (χ1n) is 9.63. The lowest BCUT2D eigenvalue weighted by Crippen LogP contribution is -2.59. The molecule has 2 bridgehead atoms. The first-order chi connectivity index (χ1) is 10.3. The molecule has 0 amide bonds. The molecule has 116 valence electrons. The standard InChI is InChI=1S/C19H31N2/c1-2-8-19(7-1)17-11-20(9-15-3-4-15)12-18(19)14-21(13-17)10-16-5-6-16/h11,15-18H,1-10,12-14H2/q+1. The number of hydrogen-bond donors (Lipinski definition) is 0. The van der Waals surface area contributed by atoms with Crippen molar-refractivity contribution >= 4 is 6.21 Å². The molecule has 2 heterocycles. The molecule has 2 unspecified atom stereocenters. The van der Waals surface area contributed by atoms with Crippen LogP contribution in [0.4, 0.5) is 0 Å². The molecular formula is C19H31N2+. The van der Waals surface area contributed by atoms with Crippen LogP contribution in [0, 0.1) is 29.1 Å². The minimum absolute atomic E-state index is 0.722. The van der Waals surface area contributed by atoms with Gasteiger partial charge in [-0.3, -0.25) is 0 Å². The van der Waals surface area contributed by atoms with Gasteiger partial charge in [-0.15, -0.1) is 0 Å². The van der Waals surface area contributed by atoms with Crippen LogP contribution in [-0.4, -0.2) is 48.4 Å². The minimum Gasteiger partial charge on any atom is -0.302 e.